The predicted octanol–water partition coefficient (Wildman–Crippen LogP) is 2.95. The van der Waals surface area contributed by atoms with Crippen molar-refractivity contribution in [3.05, 3.63) is 29.8 Å². The van der Waals surface area contributed by atoms with Crippen molar-refractivity contribution in [2.75, 3.05) is 11.9 Å². The predicted molar refractivity (Wildman–Crippen MR) is 75.1 cm³/mol. The van der Waals surface area contributed by atoms with Gasteiger partial charge in [-0.1, -0.05) is 19.1 Å². The molecule has 0 radical (unpaired) electrons. The van der Waals surface area contributed by atoms with Gasteiger partial charge in [0.2, 0.25) is 0 Å². The highest BCUT2D eigenvalue weighted by Crippen LogP contribution is 2.24. The van der Waals surface area contributed by atoms with Gasteiger partial charge in [-0.2, -0.15) is 0 Å². The van der Waals surface area contributed by atoms with Crippen LogP contribution in [0.5, 0.6) is 0 Å². The second-order valence-corrected chi connectivity index (χ2v) is 5.08. The molecule has 1 aromatic carbocycles. The molecular weight excluding hydrogens is 216 g/mol. The molecule has 0 aliphatic carbocycles. The van der Waals surface area contributed by atoms with Crippen LogP contribution in [0.1, 0.15) is 32.8 Å². The molecule has 0 heterocycles. The Bertz CT molecular complexity index is 368. The van der Waals surface area contributed by atoms with Gasteiger partial charge in [0.1, 0.15) is 4.99 Å². The van der Waals surface area contributed by atoms with Crippen LogP contribution in [-0.2, 0) is 0 Å². The number of hydrogen-bond acceptors (Lipinski definition) is 2. The van der Waals surface area contributed by atoms with Gasteiger partial charge in [-0.15, -0.1) is 0 Å². The van der Waals surface area contributed by atoms with Crippen LogP contribution >= 0.6 is 12.2 Å². The molecule has 0 amide bonds. The van der Waals surface area contributed by atoms with Gasteiger partial charge in [0, 0.05) is 23.8 Å². The largest absolute Gasteiger partial charge is 0.389 e. The first-order valence-electron chi connectivity index (χ1n) is 5.52. The number of rotatable bonds is 4. The lowest BCUT2D eigenvalue weighted by atomic mass is 9.99. The molecule has 2 N–H and O–H groups in total. The summed E-state index contributed by atoms with van der Waals surface area (Å²) in [6.07, 6.45) is 1.10. The third-order valence-corrected chi connectivity index (χ3v) is 3.55. The van der Waals surface area contributed by atoms with E-state index < -0.39 is 0 Å². The normalized spacial score (nSPS) is 11.2. The summed E-state index contributed by atoms with van der Waals surface area (Å²) >= 11 is 4.93. The highest BCUT2D eigenvalue weighted by molar-refractivity contribution is 7.80. The van der Waals surface area contributed by atoms with Crippen molar-refractivity contribution in [3.8, 4) is 0 Å². The average molecular weight is 236 g/mol. The van der Waals surface area contributed by atoms with E-state index in [1.165, 1.54) is 5.69 Å². The molecule has 1 rings (SSSR count). The van der Waals surface area contributed by atoms with Crippen molar-refractivity contribution in [1.82, 2.24) is 0 Å². The van der Waals surface area contributed by atoms with Crippen molar-refractivity contribution < 1.29 is 0 Å². The van der Waals surface area contributed by atoms with Crippen LogP contribution in [0.4, 0.5) is 5.69 Å². The van der Waals surface area contributed by atoms with Crippen molar-refractivity contribution in [2.45, 2.75) is 32.7 Å². The van der Waals surface area contributed by atoms with E-state index in [0.29, 0.717) is 4.99 Å². The Kier molecular flexibility index (Phi) is 3.92. The number of nitrogens with two attached hydrogens (primary N) is 1. The molecular formula is C13H20N2S. The third kappa shape index (κ3) is 2.73. The van der Waals surface area contributed by atoms with E-state index in [4.69, 9.17) is 18.0 Å². The molecule has 2 nitrogen and oxygen atoms in total. The molecule has 0 spiro atoms. The first kappa shape index (κ1) is 13.0. The lowest BCUT2D eigenvalue weighted by Crippen LogP contribution is -2.40. The Morgan fingerprint density at radius 3 is 2.19 bits per heavy atom. The van der Waals surface area contributed by atoms with Crippen LogP contribution < -0.4 is 10.6 Å². The molecule has 16 heavy (non-hydrogen) atoms. The zero-order valence-electron chi connectivity index (χ0n) is 10.4. The monoisotopic (exact) mass is 236 g/mol. The van der Waals surface area contributed by atoms with E-state index in [-0.39, 0.29) is 5.54 Å². The highest BCUT2D eigenvalue weighted by atomic mass is 32.1. The summed E-state index contributed by atoms with van der Waals surface area (Å²) in [5.41, 5.74) is 7.83. The summed E-state index contributed by atoms with van der Waals surface area (Å²) in [4.78, 5) is 2.72. The fourth-order valence-corrected chi connectivity index (χ4v) is 1.57. The van der Waals surface area contributed by atoms with Crippen LogP contribution in [-0.4, -0.2) is 17.6 Å². The molecule has 0 saturated carbocycles. The summed E-state index contributed by atoms with van der Waals surface area (Å²) < 4.78 is 0. The van der Waals surface area contributed by atoms with Gasteiger partial charge in [-0.25, -0.2) is 0 Å². The van der Waals surface area contributed by atoms with Gasteiger partial charge >= 0.3 is 0 Å². The Balaban J connectivity index is 2.94. The van der Waals surface area contributed by atoms with Crippen molar-refractivity contribution >= 4 is 22.9 Å². The SMILES string of the molecule is CCC(C)(C)N(C)c1ccc(C(N)=S)cc1. The van der Waals surface area contributed by atoms with E-state index >= 15 is 0 Å². The van der Waals surface area contributed by atoms with Gasteiger partial charge in [0.25, 0.3) is 0 Å². The molecule has 3 heteroatoms. The maximum absolute atomic E-state index is 5.57. The Labute approximate surface area is 103 Å². The molecule has 0 saturated heterocycles. The second-order valence-electron chi connectivity index (χ2n) is 4.64. The molecule has 0 bridgehead atoms. The lowest BCUT2D eigenvalue weighted by Gasteiger charge is -2.36. The quantitative estimate of drug-likeness (QED) is 0.815. The van der Waals surface area contributed by atoms with E-state index in [9.17, 15) is 0 Å². The molecule has 0 unspecified atom stereocenters. The highest BCUT2D eigenvalue weighted by Gasteiger charge is 2.21. The summed E-state index contributed by atoms with van der Waals surface area (Å²) in [7, 11) is 2.11. The number of thiocarbonyl (C=S) groups is 1. The fourth-order valence-electron chi connectivity index (χ4n) is 1.44. The molecule has 88 valence electrons. The standard InChI is InChI=1S/C13H20N2S/c1-5-13(2,3)15(4)11-8-6-10(7-9-11)12(14)16/h6-9H,5H2,1-4H3,(H2,14,16). The maximum atomic E-state index is 5.57. The van der Waals surface area contributed by atoms with Gasteiger partial charge in [-0.05, 0) is 44.5 Å². The zero-order valence-corrected chi connectivity index (χ0v) is 11.3. The van der Waals surface area contributed by atoms with Gasteiger partial charge < -0.3 is 10.6 Å². The number of benzene rings is 1. The van der Waals surface area contributed by atoms with E-state index in [0.717, 1.165) is 12.0 Å². The van der Waals surface area contributed by atoms with Crippen molar-refractivity contribution in [3.63, 3.8) is 0 Å². The molecule has 0 aliphatic heterocycles. The first-order valence-corrected chi connectivity index (χ1v) is 5.93. The topological polar surface area (TPSA) is 29.3 Å². The number of anilines is 1. The van der Waals surface area contributed by atoms with Crippen LogP contribution in [0.15, 0.2) is 24.3 Å². The number of hydrogen-bond donors (Lipinski definition) is 1. The Hall–Kier alpha value is -1.09. The maximum Gasteiger partial charge on any atom is 0.103 e. The van der Waals surface area contributed by atoms with Crippen LogP contribution in [0.25, 0.3) is 0 Å². The fraction of sp³-hybridized carbons (Fsp3) is 0.462. The minimum absolute atomic E-state index is 0.157. The van der Waals surface area contributed by atoms with Gasteiger partial charge in [0.15, 0.2) is 0 Å². The van der Waals surface area contributed by atoms with Crippen molar-refractivity contribution in [1.29, 1.82) is 0 Å². The summed E-state index contributed by atoms with van der Waals surface area (Å²) in [5, 5.41) is 0. The molecule has 1 aromatic rings. The summed E-state index contributed by atoms with van der Waals surface area (Å²) in [6, 6.07) is 8.07. The van der Waals surface area contributed by atoms with E-state index in [1.807, 2.05) is 12.1 Å². The minimum atomic E-state index is 0.157. The molecule has 0 aliphatic rings. The van der Waals surface area contributed by atoms with Crippen LogP contribution in [0.2, 0.25) is 0 Å². The molecule has 0 atom stereocenters. The van der Waals surface area contributed by atoms with Gasteiger partial charge in [-0.3, -0.25) is 0 Å². The minimum Gasteiger partial charge on any atom is -0.389 e. The van der Waals surface area contributed by atoms with Gasteiger partial charge in [0.05, 0.1) is 0 Å². The molecule has 0 fully saturated rings. The molecule has 0 aromatic heterocycles. The third-order valence-electron chi connectivity index (χ3n) is 3.31. The Morgan fingerprint density at radius 1 is 1.31 bits per heavy atom. The second kappa shape index (κ2) is 4.83. The van der Waals surface area contributed by atoms with Crippen LogP contribution in [0.3, 0.4) is 0 Å². The van der Waals surface area contributed by atoms with E-state index in [2.05, 4.69) is 44.9 Å². The smallest absolute Gasteiger partial charge is 0.103 e. The number of nitrogens with zero attached hydrogens (tertiary/aromatic N) is 1. The van der Waals surface area contributed by atoms with Crippen LogP contribution in [0, 0.1) is 0 Å². The zero-order chi connectivity index (χ0) is 12.3. The average Bonchev–Trinajstić information content (AvgIpc) is 2.28. The first-order chi connectivity index (χ1) is 7.38. The summed E-state index contributed by atoms with van der Waals surface area (Å²) in [5.74, 6) is 0. The van der Waals surface area contributed by atoms with Crippen molar-refractivity contribution in [2.24, 2.45) is 5.73 Å². The van der Waals surface area contributed by atoms with E-state index in [1.54, 1.807) is 0 Å². The lowest BCUT2D eigenvalue weighted by molar-refractivity contribution is 0.471. The Morgan fingerprint density at radius 2 is 1.81 bits per heavy atom. The summed E-state index contributed by atoms with van der Waals surface area (Å²) in [6.45, 7) is 6.66.